The molecule has 2 aromatic heterocycles. The third kappa shape index (κ3) is 3.16. The zero-order valence-corrected chi connectivity index (χ0v) is 13.7. The quantitative estimate of drug-likeness (QED) is 0.940. The molecule has 1 saturated heterocycles. The normalized spacial score (nSPS) is 16.8. The smallest absolute Gasteiger partial charge is 0.222 e. The van der Waals surface area contributed by atoms with Gasteiger partial charge in [-0.3, -0.25) is 4.79 Å². The van der Waals surface area contributed by atoms with Crippen LogP contribution in [0, 0.1) is 13.8 Å². The number of carbonyl (C=O) groups excluding carboxylic acids is 1. The highest BCUT2D eigenvalue weighted by Gasteiger charge is 2.33. The fourth-order valence-electron chi connectivity index (χ4n) is 2.76. The highest BCUT2D eigenvalue weighted by molar-refractivity contribution is 5.77. The topological polar surface area (TPSA) is 71.0 Å². The van der Waals surface area contributed by atoms with Crippen molar-refractivity contribution >= 4 is 17.5 Å². The van der Waals surface area contributed by atoms with Crippen molar-refractivity contribution in [3.8, 4) is 0 Å². The summed E-state index contributed by atoms with van der Waals surface area (Å²) in [6.45, 7) is 6.56. The van der Waals surface area contributed by atoms with Crippen LogP contribution < -0.4 is 5.32 Å². The number of aryl methyl sites for hydroxylation is 2. The van der Waals surface area contributed by atoms with Crippen molar-refractivity contribution in [3.05, 3.63) is 41.5 Å². The van der Waals surface area contributed by atoms with Crippen LogP contribution in [0.4, 0.5) is 11.6 Å². The second-order valence-corrected chi connectivity index (χ2v) is 5.76. The molecule has 6 heteroatoms. The summed E-state index contributed by atoms with van der Waals surface area (Å²) in [5.41, 5.74) is 1.94. The van der Waals surface area contributed by atoms with Crippen molar-refractivity contribution in [1.29, 1.82) is 0 Å². The van der Waals surface area contributed by atoms with Crippen LogP contribution in [0.3, 0.4) is 0 Å². The fourth-order valence-corrected chi connectivity index (χ4v) is 2.76. The second-order valence-electron chi connectivity index (χ2n) is 5.76. The number of pyridine rings is 1. The monoisotopic (exact) mass is 311 g/mol. The SMILES string of the molecule is CCC(=O)N1CC[C@@H]1c1cc(Nc2ncccc2C)nc(C)n1. The van der Waals surface area contributed by atoms with Gasteiger partial charge >= 0.3 is 0 Å². The van der Waals surface area contributed by atoms with Crippen LogP contribution in [0.1, 0.15) is 42.9 Å². The number of carbonyl (C=O) groups is 1. The molecule has 0 unspecified atom stereocenters. The minimum Gasteiger partial charge on any atom is -0.334 e. The molecule has 3 rings (SSSR count). The van der Waals surface area contributed by atoms with Crippen LogP contribution in [-0.2, 0) is 4.79 Å². The largest absolute Gasteiger partial charge is 0.334 e. The maximum atomic E-state index is 11.9. The van der Waals surface area contributed by atoms with E-state index in [-0.39, 0.29) is 11.9 Å². The first-order valence-electron chi connectivity index (χ1n) is 7.92. The highest BCUT2D eigenvalue weighted by atomic mass is 16.2. The van der Waals surface area contributed by atoms with E-state index in [0.717, 1.165) is 30.0 Å². The minimum absolute atomic E-state index is 0.0644. The number of rotatable bonds is 4. The molecule has 120 valence electrons. The first-order chi connectivity index (χ1) is 11.1. The number of amides is 1. The van der Waals surface area contributed by atoms with E-state index in [1.54, 1.807) is 6.20 Å². The summed E-state index contributed by atoms with van der Waals surface area (Å²) in [5, 5.41) is 3.25. The zero-order chi connectivity index (χ0) is 16.4. The lowest BCUT2D eigenvalue weighted by Gasteiger charge is -2.40. The van der Waals surface area contributed by atoms with Crippen molar-refractivity contribution in [2.75, 3.05) is 11.9 Å². The van der Waals surface area contributed by atoms with Crippen LogP contribution >= 0.6 is 0 Å². The molecule has 1 aliphatic heterocycles. The van der Waals surface area contributed by atoms with Crippen molar-refractivity contribution < 1.29 is 4.79 Å². The Morgan fingerprint density at radius 2 is 2.22 bits per heavy atom. The molecule has 6 nitrogen and oxygen atoms in total. The van der Waals surface area contributed by atoms with Gasteiger partial charge in [0.05, 0.1) is 11.7 Å². The molecule has 0 bridgehead atoms. The molecule has 0 spiro atoms. The Hall–Kier alpha value is -2.50. The molecule has 0 radical (unpaired) electrons. The van der Waals surface area contributed by atoms with Crippen LogP contribution in [0.2, 0.25) is 0 Å². The Labute approximate surface area is 136 Å². The molecule has 0 aliphatic carbocycles. The first kappa shape index (κ1) is 15.4. The standard InChI is InChI=1S/C17H21N5O/c1-4-16(23)22-9-7-14(22)13-10-15(20-12(3)19-13)21-17-11(2)6-5-8-18-17/h5-6,8,10,14H,4,7,9H2,1-3H3,(H,18,19,20,21)/t14-/m1/s1. The molecule has 0 saturated carbocycles. The molecule has 23 heavy (non-hydrogen) atoms. The van der Waals surface area contributed by atoms with Gasteiger partial charge in [-0.2, -0.15) is 0 Å². The van der Waals surface area contributed by atoms with Gasteiger partial charge in [0, 0.05) is 25.2 Å². The van der Waals surface area contributed by atoms with E-state index in [1.807, 2.05) is 43.9 Å². The number of likely N-dealkylation sites (tertiary alicyclic amines) is 1. The van der Waals surface area contributed by atoms with E-state index in [2.05, 4.69) is 20.3 Å². The molecule has 0 aromatic carbocycles. The van der Waals surface area contributed by atoms with E-state index < -0.39 is 0 Å². The third-order valence-electron chi connectivity index (χ3n) is 4.10. The number of hydrogen-bond donors (Lipinski definition) is 1. The first-order valence-corrected chi connectivity index (χ1v) is 7.92. The van der Waals surface area contributed by atoms with E-state index in [0.29, 0.717) is 18.1 Å². The Morgan fingerprint density at radius 3 is 2.87 bits per heavy atom. The predicted molar refractivity (Wildman–Crippen MR) is 88.4 cm³/mol. The Balaban J connectivity index is 1.85. The maximum absolute atomic E-state index is 11.9. The van der Waals surface area contributed by atoms with Crippen molar-refractivity contribution in [3.63, 3.8) is 0 Å². The lowest BCUT2D eigenvalue weighted by Crippen LogP contribution is -2.45. The molecular weight excluding hydrogens is 290 g/mol. The molecule has 1 aliphatic rings. The predicted octanol–water partition coefficient (Wildman–Crippen LogP) is 2.92. The Morgan fingerprint density at radius 1 is 1.39 bits per heavy atom. The van der Waals surface area contributed by atoms with Crippen molar-refractivity contribution in [2.24, 2.45) is 0 Å². The Bertz CT molecular complexity index is 731. The lowest BCUT2D eigenvalue weighted by atomic mass is 9.98. The third-order valence-corrected chi connectivity index (χ3v) is 4.10. The Kier molecular flexibility index (Phi) is 4.23. The lowest BCUT2D eigenvalue weighted by molar-refractivity contribution is -0.138. The molecule has 2 aromatic rings. The van der Waals surface area contributed by atoms with Gasteiger partial charge in [-0.05, 0) is 31.9 Å². The summed E-state index contributed by atoms with van der Waals surface area (Å²) < 4.78 is 0. The van der Waals surface area contributed by atoms with Crippen LogP contribution in [0.15, 0.2) is 24.4 Å². The number of nitrogens with one attached hydrogen (secondary N) is 1. The van der Waals surface area contributed by atoms with Gasteiger partial charge in [0.2, 0.25) is 5.91 Å². The molecule has 1 atom stereocenters. The average molecular weight is 311 g/mol. The van der Waals surface area contributed by atoms with Gasteiger partial charge in [0.1, 0.15) is 17.5 Å². The minimum atomic E-state index is 0.0644. The average Bonchev–Trinajstić information content (AvgIpc) is 2.48. The summed E-state index contributed by atoms with van der Waals surface area (Å²) in [4.78, 5) is 27.1. The summed E-state index contributed by atoms with van der Waals surface area (Å²) in [5.74, 6) is 2.36. The fraction of sp³-hybridized carbons (Fsp3) is 0.412. The van der Waals surface area contributed by atoms with E-state index in [9.17, 15) is 4.79 Å². The molecule has 1 amide bonds. The van der Waals surface area contributed by atoms with Gasteiger partial charge in [0.25, 0.3) is 0 Å². The van der Waals surface area contributed by atoms with Crippen LogP contribution in [0.5, 0.6) is 0 Å². The van der Waals surface area contributed by atoms with Gasteiger partial charge in [-0.15, -0.1) is 0 Å². The summed E-state index contributed by atoms with van der Waals surface area (Å²) in [6.07, 6.45) is 3.22. The summed E-state index contributed by atoms with van der Waals surface area (Å²) in [6, 6.07) is 5.88. The van der Waals surface area contributed by atoms with Gasteiger partial charge in [-0.1, -0.05) is 13.0 Å². The van der Waals surface area contributed by atoms with E-state index >= 15 is 0 Å². The molecule has 1 fully saturated rings. The van der Waals surface area contributed by atoms with Gasteiger partial charge in [-0.25, -0.2) is 15.0 Å². The number of anilines is 2. The number of nitrogens with zero attached hydrogens (tertiary/aromatic N) is 4. The summed E-state index contributed by atoms with van der Waals surface area (Å²) >= 11 is 0. The molecule has 3 heterocycles. The van der Waals surface area contributed by atoms with Gasteiger partial charge < -0.3 is 10.2 Å². The van der Waals surface area contributed by atoms with Crippen molar-refractivity contribution in [2.45, 2.75) is 39.7 Å². The molecular formula is C17H21N5O. The highest BCUT2D eigenvalue weighted by Crippen LogP contribution is 2.33. The summed E-state index contributed by atoms with van der Waals surface area (Å²) in [7, 11) is 0. The number of hydrogen-bond acceptors (Lipinski definition) is 5. The maximum Gasteiger partial charge on any atom is 0.222 e. The van der Waals surface area contributed by atoms with Crippen LogP contribution in [0.25, 0.3) is 0 Å². The second kappa shape index (κ2) is 6.32. The van der Waals surface area contributed by atoms with E-state index in [1.165, 1.54) is 0 Å². The van der Waals surface area contributed by atoms with Crippen molar-refractivity contribution in [1.82, 2.24) is 19.9 Å². The number of aromatic nitrogens is 3. The van der Waals surface area contributed by atoms with Gasteiger partial charge in [0.15, 0.2) is 0 Å². The molecule has 1 N–H and O–H groups in total. The van der Waals surface area contributed by atoms with E-state index in [4.69, 9.17) is 0 Å². The van der Waals surface area contributed by atoms with Crippen LogP contribution in [-0.4, -0.2) is 32.3 Å². The zero-order valence-electron chi connectivity index (χ0n) is 13.7.